The zero-order valence-corrected chi connectivity index (χ0v) is 20.1. The number of Topliss-reactive ketones (excluding diaryl/α,β-unsaturated/α-hetero) is 1. The van der Waals surface area contributed by atoms with E-state index in [-0.39, 0.29) is 0 Å². The molecule has 0 bridgehead atoms. The molecule has 0 N–H and O–H groups in total. The molecule has 0 spiro atoms. The molecule has 0 unspecified atom stereocenters. The third-order valence-corrected chi connectivity index (χ3v) is 7.20. The standard InChI is InChI=1S/C27H28F3N3O2/c1-4-17-12-21-18(15-26(2,3)33-23(21)22(13-17)24(34)25(33)35)16-31-8-10-32(11-9-31)20-7-5-6-19(14-20)27(28,29)30/h5-7,12-15H,4,8-11,16H2,1-3H3. The fourth-order valence-corrected chi connectivity index (χ4v) is 5.41. The number of aryl methyl sites for hydroxylation is 1. The molecule has 0 atom stereocenters. The summed E-state index contributed by atoms with van der Waals surface area (Å²) in [7, 11) is 0. The second-order valence-corrected chi connectivity index (χ2v) is 10.00. The van der Waals surface area contributed by atoms with Crippen molar-refractivity contribution in [2.45, 2.75) is 38.9 Å². The molecule has 0 aromatic heterocycles. The zero-order valence-electron chi connectivity index (χ0n) is 20.1. The van der Waals surface area contributed by atoms with Gasteiger partial charge in [0.1, 0.15) is 0 Å². The van der Waals surface area contributed by atoms with Crippen LogP contribution in [-0.2, 0) is 17.4 Å². The van der Waals surface area contributed by atoms with Crippen LogP contribution in [0, 0.1) is 0 Å². The number of anilines is 2. The number of rotatable bonds is 4. The maximum absolute atomic E-state index is 13.1. The van der Waals surface area contributed by atoms with E-state index in [1.54, 1.807) is 11.0 Å². The van der Waals surface area contributed by atoms with Crippen molar-refractivity contribution in [1.82, 2.24) is 4.90 Å². The molecule has 0 radical (unpaired) electrons. The van der Waals surface area contributed by atoms with Crippen LogP contribution in [0.2, 0.25) is 0 Å². The molecule has 3 aliphatic rings. The van der Waals surface area contributed by atoms with Gasteiger partial charge in [0, 0.05) is 44.0 Å². The summed E-state index contributed by atoms with van der Waals surface area (Å²) in [5.74, 6) is -0.932. The summed E-state index contributed by atoms with van der Waals surface area (Å²) in [5, 5.41) is 0. The number of hydrogen-bond acceptors (Lipinski definition) is 4. The second-order valence-electron chi connectivity index (χ2n) is 10.00. The zero-order chi connectivity index (χ0) is 25.1. The molecule has 3 aliphatic heterocycles. The highest BCUT2D eigenvalue weighted by Gasteiger charge is 2.47. The highest BCUT2D eigenvalue weighted by molar-refractivity contribution is 6.53. The number of piperazine rings is 1. The van der Waals surface area contributed by atoms with Crippen molar-refractivity contribution in [3.8, 4) is 0 Å². The Labute approximate surface area is 202 Å². The van der Waals surface area contributed by atoms with E-state index in [1.807, 2.05) is 31.7 Å². The van der Waals surface area contributed by atoms with Crippen LogP contribution in [0.3, 0.4) is 0 Å². The number of halogens is 3. The molecule has 184 valence electrons. The molecular formula is C27H28F3N3O2. The Bertz CT molecular complexity index is 1240. The minimum absolute atomic E-state index is 0.450. The van der Waals surface area contributed by atoms with E-state index in [1.165, 1.54) is 12.1 Å². The average molecular weight is 484 g/mol. The molecular weight excluding hydrogens is 455 g/mol. The Balaban J connectivity index is 1.38. The number of carbonyl (C=O) groups is 2. The van der Waals surface area contributed by atoms with Crippen LogP contribution < -0.4 is 9.80 Å². The van der Waals surface area contributed by atoms with Crippen LogP contribution in [-0.4, -0.2) is 54.9 Å². The Hall–Kier alpha value is -3.13. The Morgan fingerprint density at radius 3 is 2.31 bits per heavy atom. The SMILES string of the molecule is CCc1cc2c3c(c1)C(CN1CCN(c4cccc(C(F)(F)F)c4)CC1)=CC(C)(C)N3C(=O)C2=O. The molecule has 5 rings (SSSR count). The first-order valence-electron chi connectivity index (χ1n) is 11.9. The van der Waals surface area contributed by atoms with E-state index < -0.39 is 29.0 Å². The lowest BCUT2D eigenvalue weighted by atomic mass is 9.86. The van der Waals surface area contributed by atoms with Crippen molar-refractivity contribution in [3.05, 3.63) is 64.7 Å². The Morgan fingerprint density at radius 2 is 1.66 bits per heavy atom. The van der Waals surface area contributed by atoms with Crippen molar-refractivity contribution in [2.75, 3.05) is 42.5 Å². The predicted octanol–water partition coefficient (Wildman–Crippen LogP) is 4.79. The summed E-state index contributed by atoms with van der Waals surface area (Å²) in [6, 6.07) is 9.40. The van der Waals surface area contributed by atoms with Gasteiger partial charge in [-0.25, -0.2) is 0 Å². The minimum Gasteiger partial charge on any atom is -0.369 e. The van der Waals surface area contributed by atoms with Crippen molar-refractivity contribution in [3.63, 3.8) is 0 Å². The summed E-state index contributed by atoms with van der Waals surface area (Å²) in [6.07, 6.45) is -1.52. The summed E-state index contributed by atoms with van der Waals surface area (Å²) >= 11 is 0. The number of carbonyl (C=O) groups excluding carboxylic acids is 2. The Morgan fingerprint density at radius 1 is 0.971 bits per heavy atom. The van der Waals surface area contributed by atoms with Crippen LogP contribution in [0.4, 0.5) is 24.5 Å². The number of nitrogens with zero attached hydrogens (tertiary/aromatic N) is 3. The van der Waals surface area contributed by atoms with Crippen LogP contribution in [0.1, 0.15) is 47.8 Å². The highest BCUT2D eigenvalue weighted by atomic mass is 19.4. The van der Waals surface area contributed by atoms with Gasteiger partial charge in [-0.2, -0.15) is 13.2 Å². The lowest BCUT2D eigenvalue weighted by molar-refractivity contribution is -0.137. The number of hydrogen-bond donors (Lipinski definition) is 0. The van der Waals surface area contributed by atoms with Gasteiger partial charge in [0.2, 0.25) is 0 Å². The van der Waals surface area contributed by atoms with Gasteiger partial charge in [0.25, 0.3) is 11.7 Å². The number of benzene rings is 2. The van der Waals surface area contributed by atoms with Crippen molar-refractivity contribution in [1.29, 1.82) is 0 Å². The molecule has 0 aliphatic carbocycles. The summed E-state index contributed by atoms with van der Waals surface area (Å²) in [6.45, 7) is 9.19. The van der Waals surface area contributed by atoms with Gasteiger partial charge in [-0.1, -0.05) is 19.1 Å². The predicted molar refractivity (Wildman–Crippen MR) is 130 cm³/mol. The maximum atomic E-state index is 13.1. The molecule has 1 fully saturated rings. The Kier molecular flexibility index (Phi) is 5.55. The molecule has 1 saturated heterocycles. The fourth-order valence-electron chi connectivity index (χ4n) is 5.41. The highest BCUT2D eigenvalue weighted by Crippen LogP contribution is 2.46. The van der Waals surface area contributed by atoms with Gasteiger partial charge >= 0.3 is 6.18 Å². The van der Waals surface area contributed by atoms with Gasteiger partial charge in [-0.15, -0.1) is 0 Å². The molecule has 3 heterocycles. The molecule has 8 heteroatoms. The van der Waals surface area contributed by atoms with Gasteiger partial charge in [0.05, 0.1) is 22.4 Å². The smallest absolute Gasteiger partial charge is 0.369 e. The van der Waals surface area contributed by atoms with E-state index in [0.717, 1.165) is 29.2 Å². The molecule has 0 saturated carbocycles. The lowest BCUT2D eigenvalue weighted by Crippen LogP contribution is -2.49. The molecule has 2 aromatic rings. The van der Waals surface area contributed by atoms with Gasteiger partial charge < -0.3 is 4.90 Å². The van der Waals surface area contributed by atoms with Crippen molar-refractivity contribution < 1.29 is 22.8 Å². The van der Waals surface area contributed by atoms with Gasteiger partial charge in [-0.3, -0.25) is 19.4 Å². The summed E-state index contributed by atoms with van der Waals surface area (Å²) in [5.41, 5.74) is 3.53. The monoisotopic (exact) mass is 483 g/mol. The first kappa shape index (κ1) is 23.6. The van der Waals surface area contributed by atoms with E-state index in [2.05, 4.69) is 17.0 Å². The third-order valence-electron chi connectivity index (χ3n) is 7.20. The van der Waals surface area contributed by atoms with E-state index in [0.29, 0.717) is 49.7 Å². The number of ketones is 1. The van der Waals surface area contributed by atoms with Crippen molar-refractivity contribution in [2.24, 2.45) is 0 Å². The number of amides is 1. The third kappa shape index (κ3) is 4.03. The topological polar surface area (TPSA) is 43.9 Å². The van der Waals surface area contributed by atoms with Crippen LogP contribution >= 0.6 is 0 Å². The average Bonchev–Trinajstić information content (AvgIpc) is 3.08. The molecule has 1 amide bonds. The van der Waals surface area contributed by atoms with E-state index in [9.17, 15) is 22.8 Å². The van der Waals surface area contributed by atoms with Crippen LogP contribution in [0.25, 0.3) is 5.57 Å². The summed E-state index contributed by atoms with van der Waals surface area (Å²) in [4.78, 5) is 31.5. The fraction of sp³-hybridized carbons (Fsp3) is 0.407. The normalized spacial score (nSPS) is 19.8. The second kappa shape index (κ2) is 8.22. The summed E-state index contributed by atoms with van der Waals surface area (Å²) < 4.78 is 39.4. The molecule has 35 heavy (non-hydrogen) atoms. The van der Waals surface area contributed by atoms with Gasteiger partial charge in [-0.05, 0) is 61.7 Å². The number of alkyl halides is 3. The molecule has 2 aromatic carbocycles. The largest absolute Gasteiger partial charge is 0.416 e. The minimum atomic E-state index is -4.36. The maximum Gasteiger partial charge on any atom is 0.416 e. The quantitative estimate of drug-likeness (QED) is 0.587. The first-order valence-corrected chi connectivity index (χ1v) is 11.9. The van der Waals surface area contributed by atoms with E-state index >= 15 is 0 Å². The molecule has 5 nitrogen and oxygen atoms in total. The lowest BCUT2D eigenvalue weighted by Gasteiger charge is -2.41. The van der Waals surface area contributed by atoms with Crippen LogP contribution in [0.5, 0.6) is 0 Å². The van der Waals surface area contributed by atoms with Crippen molar-refractivity contribution >= 4 is 28.6 Å². The first-order chi connectivity index (χ1) is 16.5. The van der Waals surface area contributed by atoms with Crippen LogP contribution in [0.15, 0.2) is 42.5 Å². The van der Waals surface area contributed by atoms with E-state index in [4.69, 9.17) is 0 Å². The van der Waals surface area contributed by atoms with Gasteiger partial charge in [0.15, 0.2) is 0 Å².